The third-order valence-corrected chi connectivity index (χ3v) is 6.12. The van der Waals surface area contributed by atoms with Crippen LogP contribution in [0.2, 0.25) is 0 Å². The zero-order chi connectivity index (χ0) is 20.2. The van der Waals surface area contributed by atoms with Crippen molar-refractivity contribution in [2.75, 3.05) is 12.4 Å². The van der Waals surface area contributed by atoms with Gasteiger partial charge < -0.3 is 15.2 Å². The van der Waals surface area contributed by atoms with Crippen LogP contribution in [0.3, 0.4) is 0 Å². The van der Waals surface area contributed by atoms with Crippen molar-refractivity contribution < 1.29 is 27.9 Å². The van der Waals surface area contributed by atoms with Gasteiger partial charge in [0.05, 0.1) is 23.7 Å². The normalized spacial score (nSPS) is 11.3. The molecule has 0 saturated carbocycles. The van der Waals surface area contributed by atoms with Gasteiger partial charge in [-0.25, -0.2) is 13.2 Å². The van der Waals surface area contributed by atoms with Crippen molar-refractivity contribution in [3.05, 3.63) is 53.6 Å². The van der Waals surface area contributed by atoms with E-state index in [-0.39, 0.29) is 28.5 Å². The quantitative estimate of drug-likeness (QED) is 0.751. The number of anilines is 1. The van der Waals surface area contributed by atoms with Crippen LogP contribution in [0.4, 0.5) is 5.69 Å². The maximum atomic E-state index is 12.2. The number of benzene rings is 2. The van der Waals surface area contributed by atoms with Gasteiger partial charge in [-0.05, 0) is 43.7 Å². The maximum absolute atomic E-state index is 12.2. The molecule has 27 heavy (non-hydrogen) atoms. The van der Waals surface area contributed by atoms with E-state index in [2.05, 4.69) is 5.32 Å². The summed E-state index contributed by atoms with van der Waals surface area (Å²) in [5.74, 6) is -1.30. The fourth-order valence-corrected chi connectivity index (χ4v) is 3.47. The number of rotatable bonds is 7. The monoisotopic (exact) mass is 391 g/mol. The molecule has 1 amide bonds. The van der Waals surface area contributed by atoms with E-state index in [4.69, 9.17) is 9.84 Å². The summed E-state index contributed by atoms with van der Waals surface area (Å²) in [4.78, 5) is 23.5. The Bertz CT molecular complexity index is 949. The van der Waals surface area contributed by atoms with Crippen molar-refractivity contribution in [3.63, 3.8) is 0 Å². The summed E-state index contributed by atoms with van der Waals surface area (Å²) in [6.07, 6.45) is 0.0466. The number of carbonyl (C=O) groups excluding carboxylic acids is 1. The van der Waals surface area contributed by atoms with Crippen LogP contribution in [0.1, 0.15) is 29.8 Å². The molecule has 0 aliphatic heterocycles. The van der Waals surface area contributed by atoms with Gasteiger partial charge in [0.15, 0.2) is 9.84 Å². The molecule has 8 heteroatoms. The lowest BCUT2D eigenvalue weighted by atomic mass is 10.1. The van der Waals surface area contributed by atoms with Crippen LogP contribution in [0.15, 0.2) is 47.4 Å². The number of ether oxygens (including phenoxy) is 1. The van der Waals surface area contributed by atoms with E-state index in [1.807, 2.05) is 0 Å². The largest absolute Gasteiger partial charge is 0.496 e. The highest BCUT2D eigenvalue weighted by Crippen LogP contribution is 2.23. The highest BCUT2D eigenvalue weighted by atomic mass is 32.2. The van der Waals surface area contributed by atoms with E-state index >= 15 is 0 Å². The molecule has 0 radical (unpaired) electrons. The molecule has 0 heterocycles. The van der Waals surface area contributed by atoms with Crippen LogP contribution in [0, 0.1) is 0 Å². The van der Waals surface area contributed by atoms with Crippen LogP contribution in [0.5, 0.6) is 5.75 Å². The van der Waals surface area contributed by atoms with E-state index in [0.29, 0.717) is 11.3 Å². The zero-order valence-corrected chi connectivity index (χ0v) is 16.0. The number of methoxy groups -OCH3 is 1. The molecule has 7 nitrogen and oxygen atoms in total. The van der Waals surface area contributed by atoms with Crippen molar-refractivity contribution in [1.29, 1.82) is 0 Å². The Labute approximate surface area is 157 Å². The number of carboxylic acid groups (broad SMARTS) is 1. The number of amides is 1. The molecule has 0 aliphatic carbocycles. The lowest BCUT2D eigenvalue weighted by Crippen LogP contribution is -2.16. The Morgan fingerprint density at radius 3 is 2.26 bits per heavy atom. The van der Waals surface area contributed by atoms with Crippen LogP contribution < -0.4 is 10.1 Å². The first-order valence-electron chi connectivity index (χ1n) is 8.19. The molecule has 2 rings (SSSR count). The molecule has 2 N–H and O–H groups in total. The van der Waals surface area contributed by atoms with Crippen molar-refractivity contribution >= 4 is 27.4 Å². The lowest BCUT2D eigenvalue weighted by Gasteiger charge is -2.10. The van der Waals surface area contributed by atoms with Gasteiger partial charge in [0, 0.05) is 11.8 Å². The second kappa shape index (κ2) is 8.22. The minimum absolute atomic E-state index is 0.00236. The molecule has 0 aliphatic rings. The maximum Gasteiger partial charge on any atom is 0.339 e. The fraction of sp³-hybridized carbons (Fsp3) is 0.263. The van der Waals surface area contributed by atoms with E-state index in [0.717, 1.165) is 0 Å². The van der Waals surface area contributed by atoms with Gasteiger partial charge in [-0.1, -0.05) is 12.1 Å². The third-order valence-electron chi connectivity index (χ3n) is 3.95. The number of sulfone groups is 1. The molecule has 0 spiro atoms. The topological polar surface area (TPSA) is 110 Å². The molecule has 0 saturated heterocycles. The minimum atomic E-state index is -3.35. The summed E-state index contributed by atoms with van der Waals surface area (Å²) in [7, 11) is -2.00. The number of nitrogens with one attached hydrogen (secondary N) is 1. The van der Waals surface area contributed by atoms with Gasteiger partial charge in [-0.2, -0.15) is 0 Å². The van der Waals surface area contributed by atoms with Gasteiger partial charge in [0.25, 0.3) is 0 Å². The first kappa shape index (κ1) is 20.4. The molecule has 0 unspecified atom stereocenters. The number of hydrogen-bond acceptors (Lipinski definition) is 5. The highest BCUT2D eigenvalue weighted by Gasteiger charge is 2.19. The van der Waals surface area contributed by atoms with Crippen LogP contribution in [0.25, 0.3) is 0 Å². The molecule has 0 fully saturated rings. The molecule has 0 bridgehead atoms. The standard InChI is InChI=1S/C19H21NO6S/c1-12(2)27(24,25)15-7-4-13(5-8-15)10-18(21)20-14-6-9-16(19(22)23)17(11-14)26-3/h4-9,11-12H,10H2,1-3H3,(H,20,21)(H,22,23). The summed E-state index contributed by atoms with van der Waals surface area (Å²) in [6.45, 7) is 3.22. The zero-order valence-electron chi connectivity index (χ0n) is 15.2. The highest BCUT2D eigenvalue weighted by molar-refractivity contribution is 7.92. The van der Waals surface area contributed by atoms with E-state index < -0.39 is 21.1 Å². The van der Waals surface area contributed by atoms with Crippen molar-refractivity contribution in [3.8, 4) is 5.75 Å². The second-order valence-corrected chi connectivity index (χ2v) is 8.69. The summed E-state index contributed by atoms with van der Waals surface area (Å²) < 4.78 is 29.2. The number of hydrogen-bond donors (Lipinski definition) is 2. The Kier molecular flexibility index (Phi) is 6.22. The molecule has 144 valence electrons. The first-order chi connectivity index (χ1) is 12.6. The van der Waals surface area contributed by atoms with Gasteiger partial charge in [-0.15, -0.1) is 0 Å². The Hall–Kier alpha value is -2.87. The van der Waals surface area contributed by atoms with E-state index in [1.54, 1.807) is 26.0 Å². The fourth-order valence-electron chi connectivity index (χ4n) is 2.41. The predicted molar refractivity (Wildman–Crippen MR) is 101 cm³/mol. The van der Waals surface area contributed by atoms with Gasteiger partial charge in [-0.3, -0.25) is 4.79 Å². The average molecular weight is 391 g/mol. The van der Waals surface area contributed by atoms with Crippen LogP contribution >= 0.6 is 0 Å². The molecule has 0 aromatic heterocycles. The van der Waals surface area contributed by atoms with Crippen LogP contribution in [-0.4, -0.2) is 37.8 Å². The summed E-state index contributed by atoms with van der Waals surface area (Å²) in [5, 5.41) is 11.2. The summed E-state index contributed by atoms with van der Waals surface area (Å²) in [5.41, 5.74) is 1.06. The molecule has 2 aromatic rings. The van der Waals surface area contributed by atoms with Gasteiger partial charge in [0.1, 0.15) is 11.3 Å². The van der Waals surface area contributed by atoms with Crippen molar-refractivity contribution in [2.24, 2.45) is 0 Å². The second-order valence-electron chi connectivity index (χ2n) is 6.18. The smallest absolute Gasteiger partial charge is 0.339 e. The molecular weight excluding hydrogens is 370 g/mol. The van der Waals surface area contributed by atoms with E-state index in [1.165, 1.54) is 37.4 Å². The van der Waals surface area contributed by atoms with Gasteiger partial charge >= 0.3 is 5.97 Å². The lowest BCUT2D eigenvalue weighted by molar-refractivity contribution is -0.115. The Morgan fingerprint density at radius 2 is 1.74 bits per heavy atom. The molecular formula is C19H21NO6S. The average Bonchev–Trinajstić information content (AvgIpc) is 2.61. The SMILES string of the molecule is COc1cc(NC(=O)Cc2ccc(S(=O)(=O)C(C)C)cc2)ccc1C(=O)O. The number of carboxylic acids is 1. The molecule has 2 aromatic carbocycles. The Balaban J connectivity index is 2.09. The van der Waals surface area contributed by atoms with Gasteiger partial charge in [0.2, 0.25) is 5.91 Å². The third kappa shape index (κ3) is 4.85. The van der Waals surface area contributed by atoms with Crippen molar-refractivity contribution in [2.45, 2.75) is 30.4 Å². The number of carbonyl (C=O) groups is 2. The number of aromatic carboxylic acids is 1. The first-order valence-corrected chi connectivity index (χ1v) is 9.73. The summed E-state index contributed by atoms with van der Waals surface area (Å²) in [6, 6.07) is 10.4. The van der Waals surface area contributed by atoms with E-state index in [9.17, 15) is 18.0 Å². The minimum Gasteiger partial charge on any atom is -0.496 e. The predicted octanol–water partition coefficient (Wildman–Crippen LogP) is 2.76. The van der Waals surface area contributed by atoms with Crippen molar-refractivity contribution in [1.82, 2.24) is 0 Å². The summed E-state index contributed by atoms with van der Waals surface area (Å²) >= 11 is 0. The van der Waals surface area contributed by atoms with Crippen LogP contribution in [-0.2, 0) is 21.1 Å². The Morgan fingerprint density at radius 1 is 1.11 bits per heavy atom. The molecule has 0 atom stereocenters.